The van der Waals surface area contributed by atoms with Crippen molar-refractivity contribution in [3.8, 4) is 5.75 Å². The van der Waals surface area contributed by atoms with E-state index in [0.29, 0.717) is 17.9 Å². The smallest absolute Gasteiger partial charge is 0.412 e. The molecule has 8 heteroatoms. The van der Waals surface area contributed by atoms with Gasteiger partial charge < -0.3 is 19.3 Å². The Hall–Kier alpha value is -2.71. The van der Waals surface area contributed by atoms with Crippen LogP contribution in [0.1, 0.15) is 30.6 Å². The molecule has 0 unspecified atom stereocenters. The number of carbonyl (C=O) groups excluding carboxylic acids is 2. The molecule has 2 aromatic rings. The van der Waals surface area contributed by atoms with Crippen LogP contribution in [0.3, 0.4) is 0 Å². The molecule has 0 saturated carbocycles. The highest BCUT2D eigenvalue weighted by molar-refractivity contribution is 7.81. The van der Waals surface area contributed by atoms with Crippen molar-refractivity contribution < 1.29 is 28.9 Å². The minimum absolute atomic E-state index is 0.0114. The van der Waals surface area contributed by atoms with E-state index in [1.54, 1.807) is 30.3 Å². The van der Waals surface area contributed by atoms with Crippen molar-refractivity contribution in [2.24, 2.45) is 5.92 Å². The number of amides is 1. The number of aliphatic hydroxyl groups excluding tert-OH is 1. The Balaban J connectivity index is 2.13. The number of aliphatic hydroxyl groups is 1. The Kier molecular flexibility index (Phi) is 10.2. The molecule has 31 heavy (non-hydrogen) atoms. The molecule has 2 atom stereocenters. The monoisotopic (exact) mass is 447 g/mol. The average Bonchev–Trinajstić information content (AvgIpc) is 2.77. The Morgan fingerprint density at radius 2 is 1.87 bits per heavy atom. The molecule has 0 bridgehead atoms. The molecular weight excluding hydrogens is 418 g/mol. The van der Waals surface area contributed by atoms with Gasteiger partial charge in [0.25, 0.3) is 0 Å². The first-order valence-electron chi connectivity index (χ1n) is 10.1. The quantitative estimate of drug-likeness (QED) is 0.354. The van der Waals surface area contributed by atoms with E-state index in [1.807, 2.05) is 32.0 Å². The lowest BCUT2D eigenvalue weighted by Crippen LogP contribution is -2.23. The zero-order chi connectivity index (χ0) is 22.6. The standard InChI is InChI=1S/C23H29NO6S/c1-16-6-8-19(9-7-16)24-23(27)30-22(17(2)10-12-29-21(26)15-31)18-4-3-5-20(14-18)28-13-11-25/h3-9,14,17,22,25,31H,10-13,15H2,1-2H3,(H,24,27)/t17-,22+/m1/s1. The number of nitrogens with one attached hydrogen (secondary N) is 1. The third kappa shape index (κ3) is 8.51. The Labute approximate surface area is 188 Å². The molecule has 2 rings (SSSR count). The van der Waals surface area contributed by atoms with Crippen molar-refractivity contribution in [2.75, 3.05) is 30.9 Å². The second-order valence-electron chi connectivity index (χ2n) is 7.11. The molecule has 0 aliphatic heterocycles. The van der Waals surface area contributed by atoms with Gasteiger partial charge in [-0.25, -0.2) is 4.79 Å². The highest BCUT2D eigenvalue weighted by Gasteiger charge is 2.25. The molecule has 0 aliphatic carbocycles. The van der Waals surface area contributed by atoms with Crippen LogP contribution in [-0.2, 0) is 14.3 Å². The number of anilines is 1. The van der Waals surface area contributed by atoms with Crippen molar-refractivity contribution in [2.45, 2.75) is 26.4 Å². The van der Waals surface area contributed by atoms with E-state index < -0.39 is 18.2 Å². The first-order chi connectivity index (χ1) is 14.9. The SMILES string of the molecule is Cc1ccc(NC(=O)O[C@H](c2cccc(OCCO)c2)[C@H](C)CCOC(=O)CS)cc1. The molecule has 0 aromatic heterocycles. The molecule has 0 aliphatic rings. The van der Waals surface area contributed by atoms with Crippen LogP contribution in [-0.4, -0.2) is 42.7 Å². The minimum atomic E-state index is -0.599. The molecule has 7 nitrogen and oxygen atoms in total. The molecule has 0 radical (unpaired) electrons. The molecule has 0 spiro atoms. The zero-order valence-corrected chi connectivity index (χ0v) is 18.6. The van der Waals surface area contributed by atoms with Crippen LogP contribution >= 0.6 is 12.6 Å². The number of aryl methyl sites for hydroxylation is 1. The minimum Gasteiger partial charge on any atom is -0.491 e. The van der Waals surface area contributed by atoms with E-state index in [0.717, 1.165) is 11.1 Å². The predicted molar refractivity (Wildman–Crippen MR) is 122 cm³/mol. The summed E-state index contributed by atoms with van der Waals surface area (Å²) in [5.74, 6) is 0.0271. The normalized spacial score (nSPS) is 12.5. The van der Waals surface area contributed by atoms with Gasteiger partial charge in [0.05, 0.1) is 19.0 Å². The first-order valence-corrected chi connectivity index (χ1v) is 10.7. The summed E-state index contributed by atoms with van der Waals surface area (Å²) in [6.45, 7) is 4.14. The van der Waals surface area contributed by atoms with E-state index >= 15 is 0 Å². The number of ether oxygens (including phenoxy) is 3. The molecular formula is C23H29NO6S. The summed E-state index contributed by atoms with van der Waals surface area (Å²) in [5, 5.41) is 11.7. The van der Waals surface area contributed by atoms with Crippen LogP contribution in [0.15, 0.2) is 48.5 Å². The average molecular weight is 448 g/mol. The number of carbonyl (C=O) groups is 2. The van der Waals surface area contributed by atoms with Crippen molar-refractivity contribution in [1.82, 2.24) is 0 Å². The number of hydrogen-bond donors (Lipinski definition) is 3. The fourth-order valence-electron chi connectivity index (χ4n) is 2.91. The molecule has 2 N–H and O–H groups in total. The summed E-state index contributed by atoms with van der Waals surface area (Å²) < 4.78 is 16.4. The number of thiol groups is 1. The van der Waals surface area contributed by atoms with Crippen molar-refractivity contribution in [3.63, 3.8) is 0 Å². The number of rotatable bonds is 11. The van der Waals surface area contributed by atoms with Crippen LogP contribution in [0.25, 0.3) is 0 Å². The van der Waals surface area contributed by atoms with Crippen molar-refractivity contribution in [3.05, 3.63) is 59.7 Å². The van der Waals surface area contributed by atoms with Gasteiger partial charge >= 0.3 is 12.1 Å². The van der Waals surface area contributed by atoms with Gasteiger partial charge in [-0.15, -0.1) is 0 Å². The zero-order valence-electron chi connectivity index (χ0n) is 17.7. The Bertz CT molecular complexity index is 842. The van der Waals surface area contributed by atoms with Crippen LogP contribution in [0, 0.1) is 12.8 Å². The van der Waals surface area contributed by atoms with Gasteiger partial charge in [0.2, 0.25) is 0 Å². The topological polar surface area (TPSA) is 94.1 Å². The van der Waals surface area contributed by atoms with Crippen LogP contribution in [0.2, 0.25) is 0 Å². The van der Waals surface area contributed by atoms with Crippen LogP contribution in [0.5, 0.6) is 5.75 Å². The Morgan fingerprint density at radius 3 is 2.55 bits per heavy atom. The number of hydrogen-bond acceptors (Lipinski definition) is 7. The highest BCUT2D eigenvalue weighted by Crippen LogP contribution is 2.31. The van der Waals surface area contributed by atoms with Gasteiger partial charge in [-0.05, 0) is 43.2 Å². The lowest BCUT2D eigenvalue weighted by Gasteiger charge is -2.25. The van der Waals surface area contributed by atoms with E-state index in [4.69, 9.17) is 19.3 Å². The lowest BCUT2D eigenvalue weighted by molar-refractivity contribution is -0.141. The van der Waals surface area contributed by atoms with Crippen molar-refractivity contribution in [1.29, 1.82) is 0 Å². The highest BCUT2D eigenvalue weighted by atomic mass is 32.1. The Morgan fingerprint density at radius 1 is 1.13 bits per heavy atom. The fraction of sp³-hybridized carbons (Fsp3) is 0.391. The second-order valence-corrected chi connectivity index (χ2v) is 7.42. The largest absolute Gasteiger partial charge is 0.491 e. The summed E-state index contributed by atoms with van der Waals surface area (Å²) in [6.07, 6.45) is -0.698. The van der Waals surface area contributed by atoms with E-state index in [9.17, 15) is 9.59 Å². The number of benzene rings is 2. The maximum absolute atomic E-state index is 12.6. The van der Waals surface area contributed by atoms with Crippen LogP contribution < -0.4 is 10.1 Å². The van der Waals surface area contributed by atoms with E-state index in [-0.39, 0.29) is 31.5 Å². The van der Waals surface area contributed by atoms with Gasteiger partial charge in [0.1, 0.15) is 18.5 Å². The van der Waals surface area contributed by atoms with E-state index in [2.05, 4.69) is 17.9 Å². The summed E-state index contributed by atoms with van der Waals surface area (Å²) in [4.78, 5) is 23.9. The lowest BCUT2D eigenvalue weighted by atomic mass is 9.94. The predicted octanol–water partition coefficient (Wildman–Crippen LogP) is 4.16. The van der Waals surface area contributed by atoms with Gasteiger partial charge in [-0.1, -0.05) is 36.8 Å². The summed E-state index contributed by atoms with van der Waals surface area (Å²) in [6, 6.07) is 14.6. The summed E-state index contributed by atoms with van der Waals surface area (Å²) >= 11 is 3.89. The van der Waals surface area contributed by atoms with Gasteiger partial charge in [-0.2, -0.15) is 12.6 Å². The second kappa shape index (κ2) is 12.9. The molecule has 0 fully saturated rings. The summed E-state index contributed by atoms with van der Waals surface area (Å²) in [7, 11) is 0. The number of esters is 1. The maximum Gasteiger partial charge on any atom is 0.412 e. The summed E-state index contributed by atoms with van der Waals surface area (Å²) in [5.41, 5.74) is 2.45. The molecule has 0 heterocycles. The fourth-order valence-corrected chi connectivity index (χ4v) is 3.00. The first kappa shape index (κ1) is 24.6. The van der Waals surface area contributed by atoms with Gasteiger partial charge in [-0.3, -0.25) is 10.1 Å². The van der Waals surface area contributed by atoms with Gasteiger partial charge in [0.15, 0.2) is 0 Å². The van der Waals surface area contributed by atoms with E-state index in [1.165, 1.54) is 0 Å². The van der Waals surface area contributed by atoms with Crippen LogP contribution in [0.4, 0.5) is 10.5 Å². The maximum atomic E-state index is 12.6. The molecule has 0 saturated heterocycles. The third-order valence-corrected chi connectivity index (χ3v) is 4.82. The molecule has 2 aromatic carbocycles. The molecule has 1 amide bonds. The molecule has 168 valence electrons. The van der Waals surface area contributed by atoms with Gasteiger partial charge in [0, 0.05) is 11.6 Å². The van der Waals surface area contributed by atoms with Crippen molar-refractivity contribution >= 4 is 30.4 Å². The third-order valence-electron chi connectivity index (χ3n) is 4.56.